The van der Waals surface area contributed by atoms with Crippen LogP contribution in [0.5, 0.6) is 5.75 Å². The molecule has 9 nitrogen and oxygen atoms in total. The highest BCUT2D eigenvalue weighted by Crippen LogP contribution is 2.18. The number of rotatable bonds is 4. The molecule has 1 atom stereocenters. The second-order valence-electron chi connectivity index (χ2n) is 5.03. The van der Waals surface area contributed by atoms with E-state index >= 15 is 0 Å². The fourth-order valence-electron chi connectivity index (χ4n) is 2.30. The lowest BCUT2D eigenvalue weighted by Crippen LogP contribution is -2.29. The third kappa shape index (κ3) is 2.49. The van der Waals surface area contributed by atoms with E-state index in [1.165, 1.54) is 22.7 Å². The van der Waals surface area contributed by atoms with Gasteiger partial charge in [-0.15, -0.1) is 5.10 Å². The van der Waals surface area contributed by atoms with Crippen LogP contribution in [-0.4, -0.2) is 44.7 Å². The molecule has 9 heteroatoms. The van der Waals surface area contributed by atoms with E-state index in [-0.39, 0.29) is 5.52 Å². The van der Waals surface area contributed by atoms with Gasteiger partial charge in [0.2, 0.25) is 0 Å². The first kappa shape index (κ1) is 15.7. The highest BCUT2D eigenvalue weighted by atomic mass is 16.5. The molecule has 1 aromatic carbocycles. The van der Waals surface area contributed by atoms with Crippen LogP contribution in [0, 0.1) is 0 Å². The molecule has 0 aliphatic heterocycles. The van der Waals surface area contributed by atoms with Gasteiger partial charge in [-0.25, -0.2) is 9.78 Å². The Morgan fingerprint density at radius 1 is 1.29 bits per heavy atom. The van der Waals surface area contributed by atoms with Crippen LogP contribution in [0.2, 0.25) is 0 Å². The minimum absolute atomic E-state index is 0.0658. The number of carbonyl (C=O) groups is 1. The average Bonchev–Trinajstić information content (AvgIpc) is 3.05. The van der Waals surface area contributed by atoms with E-state index in [2.05, 4.69) is 20.0 Å². The number of aromatic nitrogens is 5. The lowest BCUT2D eigenvalue weighted by Gasteiger charge is -2.11. The van der Waals surface area contributed by atoms with Crippen LogP contribution < -0.4 is 10.3 Å². The first-order valence-electron chi connectivity index (χ1n) is 7.11. The van der Waals surface area contributed by atoms with Crippen LogP contribution in [0.15, 0.2) is 35.4 Å². The fraction of sp³-hybridized carbons (Fsp3) is 0.267. The molecule has 0 amide bonds. The van der Waals surface area contributed by atoms with Crippen LogP contribution in [0.25, 0.3) is 16.9 Å². The van der Waals surface area contributed by atoms with Gasteiger partial charge in [-0.05, 0) is 19.1 Å². The Balaban J connectivity index is 2.13. The summed E-state index contributed by atoms with van der Waals surface area (Å²) < 4.78 is 12.4. The summed E-state index contributed by atoms with van der Waals surface area (Å²) in [5.41, 5.74) is 0.548. The van der Waals surface area contributed by atoms with Gasteiger partial charge in [-0.2, -0.15) is 4.68 Å². The van der Waals surface area contributed by atoms with Crippen LogP contribution in [-0.2, 0) is 9.53 Å². The van der Waals surface area contributed by atoms with Gasteiger partial charge in [-0.1, -0.05) is 11.3 Å². The van der Waals surface area contributed by atoms with E-state index in [4.69, 9.17) is 4.74 Å². The molecule has 0 fully saturated rings. The van der Waals surface area contributed by atoms with Crippen molar-refractivity contribution < 1.29 is 14.3 Å². The minimum atomic E-state index is -0.804. The minimum Gasteiger partial charge on any atom is -0.497 e. The Morgan fingerprint density at radius 2 is 2.08 bits per heavy atom. The van der Waals surface area contributed by atoms with Gasteiger partial charge >= 0.3 is 5.97 Å². The number of ether oxygens (including phenoxy) is 2. The molecule has 124 valence electrons. The van der Waals surface area contributed by atoms with Gasteiger partial charge < -0.3 is 9.47 Å². The summed E-state index contributed by atoms with van der Waals surface area (Å²) in [6.07, 6.45) is 1.28. The lowest BCUT2D eigenvalue weighted by molar-refractivity contribution is -0.144. The molecule has 3 aromatic rings. The molecule has 0 unspecified atom stereocenters. The molecule has 0 saturated heterocycles. The molecule has 0 aliphatic carbocycles. The zero-order valence-corrected chi connectivity index (χ0v) is 13.3. The zero-order chi connectivity index (χ0) is 17.3. The number of benzene rings is 1. The number of fused-ring (bicyclic) bond motifs is 1. The van der Waals surface area contributed by atoms with Crippen molar-refractivity contribution >= 4 is 17.1 Å². The van der Waals surface area contributed by atoms with Gasteiger partial charge in [0.15, 0.2) is 11.2 Å². The number of methoxy groups -OCH3 is 2. The molecule has 0 bridgehead atoms. The molecule has 0 aliphatic rings. The summed E-state index contributed by atoms with van der Waals surface area (Å²) in [4.78, 5) is 28.4. The molecule has 24 heavy (non-hydrogen) atoms. The summed E-state index contributed by atoms with van der Waals surface area (Å²) in [6.45, 7) is 1.55. The quantitative estimate of drug-likeness (QED) is 0.650. The summed E-state index contributed by atoms with van der Waals surface area (Å²) in [7, 11) is 2.82. The Morgan fingerprint density at radius 3 is 2.79 bits per heavy atom. The zero-order valence-electron chi connectivity index (χ0n) is 13.3. The van der Waals surface area contributed by atoms with Crippen molar-refractivity contribution in [2.45, 2.75) is 13.0 Å². The van der Waals surface area contributed by atoms with Crippen LogP contribution in [0.3, 0.4) is 0 Å². The van der Waals surface area contributed by atoms with Gasteiger partial charge in [-0.3, -0.25) is 9.36 Å². The molecule has 2 heterocycles. The second-order valence-corrected chi connectivity index (χ2v) is 5.03. The molecule has 2 aromatic heterocycles. The van der Waals surface area contributed by atoms with Gasteiger partial charge in [0.05, 0.1) is 19.9 Å². The first-order chi connectivity index (χ1) is 11.6. The Hall–Kier alpha value is -3.23. The van der Waals surface area contributed by atoms with Crippen molar-refractivity contribution in [3.8, 4) is 11.4 Å². The van der Waals surface area contributed by atoms with E-state index in [1.807, 2.05) is 0 Å². The van der Waals surface area contributed by atoms with E-state index < -0.39 is 17.6 Å². The number of hydrogen-bond acceptors (Lipinski definition) is 7. The predicted molar refractivity (Wildman–Crippen MR) is 84.2 cm³/mol. The summed E-state index contributed by atoms with van der Waals surface area (Å²) in [5, 5.41) is 7.89. The van der Waals surface area contributed by atoms with E-state index in [0.29, 0.717) is 17.1 Å². The molecular weight excluding hydrogens is 314 g/mol. The third-order valence-corrected chi connectivity index (χ3v) is 3.65. The maximum atomic E-state index is 12.5. The van der Waals surface area contributed by atoms with Crippen molar-refractivity contribution in [1.29, 1.82) is 0 Å². The van der Waals surface area contributed by atoms with Crippen LogP contribution in [0.4, 0.5) is 0 Å². The fourth-order valence-corrected chi connectivity index (χ4v) is 2.30. The Kier molecular flexibility index (Phi) is 3.98. The maximum absolute atomic E-state index is 12.5. The Bertz CT molecular complexity index is 962. The number of esters is 1. The lowest BCUT2D eigenvalue weighted by atomic mass is 10.3. The van der Waals surface area contributed by atoms with Crippen molar-refractivity contribution in [3.63, 3.8) is 0 Å². The number of carbonyl (C=O) groups excluding carboxylic acids is 1. The topological polar surface area (TPSA) is 101 Å². The molecule has 0 radical (unpaired) electrons. The van der Waals surface area contributed by atoms with E-state index in [9.17, 15) is 9.59 Å². The largest absolute Gasteiger partial charge is 0.497 e. The van der Waals surface area contributed by atoms with Crippen molar-refractivity contribution in [3.05, 3.63) is 40.9 Å². The van der Waals surface area contributed by atoms with Gasteiger partial charge in [0.25, 0.3) is 5.56 Å². The number of hydrogen-bond donors (Lipinski definition) is 0. The van der Waals surface area contributed by atoms with E-state index in [1.54, 1.807) is 38.3 Å². The SMILES string of the molecule is COC(=O)[C@@H](C)n1cnc2c(nnn2-c2cccc(OC)c2)c1=O. The second kappa shape index (κ2) is 6.11. The molecule has 3 rings (SSSR count). The summed E-state index contributed by atoms with van der Waals surface area (Å²) in [5.74, 6) is 0.0993. The van der Waals surface area contributed by atoms with Gasteiger partial charge in [0.1, 0.15) is 18.1 Å². The van der Waals surface area contributed by atoms with Gasteiger partial charge in [0, 0.05) is 6.07 Å². The monoisotopic (exact) mass is 329 g/mol. The molecule has 0 saturated carbocycles. The summed E-state index contributed by atoms with van der Waals surface area (Å²) >= 11 is 0. The highest BCUT2D eigenvalue weighted by Gasteiger charge is 2.20. The highest BCUT2D eigenvalue weighted by molar-refractivity contribution is 5.75. The maximum Gasteiger partial charge on any atom is 0.328 e. The third-order valence-electron chi connectivity index (χ3n) is 3.65. The number of nitrogens with zero attached hydrogens (tertiary/aromatic N) is 5. The van der Waals surface area contributed by atoms with E-state index in [0.717, 1.165) is 0 Å². The smallest absolute Gasteiger partial charge is 0.328 e. The predicted octanol–water partition coefficient (Wildman–Crippen LogP) is 0.720. The van der Waals surface area contributed by atoms with Crippen molar-refractivity contribution in [1.82, 2.24) is 24.5 Å². The molecular formula is C15H15N5O4. The normalized spacial score (nSPS) is 12.1. The molecule has 0 N–H and O–H groups in total. The standard InChI is InChI=1S/C15H15N5O4/c1-9(15(22)24-3)19-8-16-13-12(14(19)21)17-18-20(13)10-5-4-6-11(7-10)23-2/h4-9H,1-3H3/t9-/m1/s1. The van der Waals surface area contributed by atoms with Crippen molar-refractivity contribution in [2.75, 3.05) is 14.2 Å². The first-order valence-corrected chi connectivity index (χ1v) is 7.11. The van der Waals surface area contributed by atoms with Crippen molar-refractivity contribution in [2.24, 2.45) is 0 Å². The average molecular weight is 329 g/mol. The van der Waals surface area contributed by atoms with Crippen LogP contribution in [0.1, 0.15) is 13.0 Å². The van der Waals surface area contributed by atoms with Crippen LogP contribution >= 0.6 is 0 Å². The molecule has 0 spiro atoms. The Labute approximate surface area is 136 Å². The summed E-state index contributed by atoms with van der Waals surface area (Å²) in [6, 6.07) is 6.32.